The summed E-state index contributed by atoms with van der Waals surface area (Å²) >= 11 is 6.08. The number of rotatable bonds is 2. The van der Waals surface area contributed by atoms with Crippen LogP contribution in [0.15, 0.2) is 42.5 Å². The van der Waals surface area contributed by atoms with Crippen LogP contribution in [-0.2, 0) is 24.9 Å². The molecular formula is C18H16ClN3O2. The van der Waals surface area contributed by atoms with Crippen molar-refractivity contribution in [3.8, 4) is 5.75 Å². The summed E-state index contributed by atoms with van der Waals surface area (Å²) in [6, 6.07) is 13.4. The van der Waals surface area contributed by atoms with E-state index in [0.717, 1.165) is 22.4 Å². The van der Waals surface area contributed by atoms with Crippen LogP contribution >= 0.6 is 11.6 Å². The molecule has 1 aromatic heterocycles. The second-order valence-corrected chi connectivity index (χ2v) is 6.30. The Hall–Kier alpha value is -2.53. The van der Waals surface area contributed by atoms with Crippen molar-refractivity contribution in [2.45, 2.75) is 13.1 Å². The number of nitrogens with zero attached hydrogens (tertiary/aromatic N) is 3. The number of para-hydroxylation sites is 2. The van der Waals surface area contributed by atoms with Crippen LogP contribution in [0, 0.1) is 0 Å². The molecular weight excluding hydrogens is 326 g/mol. The average Bonchev–Trinajstić information content (AvgIpc) is 2.80. The number of imidazole rings is 1. The van der Waals surface area contributed by atoms with Crippen molar-refractivity contribution < 1.29 is 9.53 Å². The van der Waals surface area contributed by atoms with E-state index in [-0.39, 0.29) is 12.5 Å². The van der Waals surface area contributed by atoms with Gasteiger partial charge in [-0.2, -0.15) is 0 Å². The third-order valence-electron chi connectivity index (χ3n) is 4.30. The fourth-order valence-corrected chi connectivity index (χ4v) is 3.18. The van der Waals surface area contributed by atoms with E-state index in [1.54, 1.807) is 11.0 Å². The quantitative estimate of drug-likeness (QED) is 0.719. The highest BCUT2D eigenvalue weighted by molar-refractivity contribution is 6.30. The molecule has 1 amide bonds. The predicted octanol–water partition coefficient (Wildman–Crippen LogP) is 3.15. The lowest BCUT2D eigenvalue weighted by Crippen LogP contribution is -2.32. The van der Waals surface area contributed by atoms with Crippen molar-refractivity contribution in [2.75, 3.05) is 6.61 Å². The van der Waals surface area contributed by atoms with Crippen LogP contribution in [0.2, 0.25) is 5.02 Å². The smallest absolute Gasteiger partial charge is 0.261 e. The first kappa shape index (κ1) is 15.0. The van der Waals surface area contributed by atoms with Crippen molar-refractivity contribution in [3.63, 3.8) is 0 Å². The fourth-order valence-electron chi connectivity index (χ4n) is 2.99. The molecule has 0 atom stereocenters. The number of aromatic nitrogens is 2. The molecule has 1 aliphatic rings. The highest BCUT2D eigenvalue weighted by Crippen LogP contribution is 2.27. The predicted molar refractivity (Wildman–Crippen MR) is 91.9 cm³/mol. The van der Waals surface area contributed by atoms with Gasteiger partial charge < -0.3 is 14.2 Å². The molecule has 2 aromatic carbocycles. The van der Waals surface area contributed by atoms with Gasteiger partial charge in [0.15, 0.2) is 6.61 Å². The largest absolute Gasteiger partial charge is 0.483 e. The molecule has 0 saturated heterocycles. The molecule has 122 valence electrons. The molecule has 5 nitrogen and oxygen atoms in total. The van der Waals surface area contributed by atoms with Gasteiger partial charge in [-0.05, 0) is 30.3 Å². The summed E-state index contributed by atoms with van der Waals surface area (Å²) in [5.41, 5.74) is 2.89. The number of ether oxygens (including phenoxy) is 1. The van der Waals surface area contributed by atoms with Crippen LogP contribution in [0.4, 0.5) is 0 Å². The molecule has 3 aromatic rings. The minimum Gasteiger partial charge on any atom is -0.483 e. The van der Waals surface area contributed by atoms with Crippen LogP contribution in [0.3, 0.4) is 0 Å². The Labute approximate surface area is 144 Å². The normalized spacial score (nSPS) is 14.4. The SMILES string of the molecule is Cn1c(CN2Cc3cc(Cl)ccc3OCC2=O)nc2ccccc21. The molecule has 6 heteroatoms. The van der Waals surface area contributed by atoms with Gasteiger partial charge in [0.25, 0.3) is 5.91 Å². The maximum atomic E-state index is 12.4. The van der Waals surface area contributed by atoms with Gasteiger partial charge in [0, 0.05) is 24.2 Å². The number of benzene rings is 2. The summed E-state index contributed by atoms with van der Waals surface area (Å²) in [6.07, 6.45) is 0. The van der Waals surface area contributed by atoms with Gasteiger partial charge in [0.05, 0.1) is 17.6 Å². The second-order valence-electron chi connectivity index (χ2n) is 5.87. The molecule has 0 fully saturated rings. The summed E-state index contributed by atoms with van der Waals surface area (Å²) in [5.74, 6) is 1.49. The summed E-state index contributed by atoms with van der Waals surface area (Å²) in [5, 5.41) is 0.634. The van der Waals surface area contributed by atoms with Crippen molar-refractivity contribution in [2.24, 2.45) is 7.05 Å². The Bertz CT molecular complexity index is 935. The zero-order valence-electron chi connectivity index (χ0n) is 13.2. The third kappa shape index (κ3) is 2.61. The van der Waals surface area contributed by atoms with Crippen LogP contribution in [0.25, 0.3) is 11.0 Å². The standard InChI is InChI=1S/C18H16ClN3O2/c1-21-15-5-3-2-4-14(15)20-17(21)10-22-9-12-8-13(19)6-7-16(12)24-11-18(22)23/h2-8H,9-11H2,1H3. The maximum Gasteiger partial charge on any atom is 0.261 e. The second kappa shape index (κ2) is 5.83. The lowest BCUT2D eigenvalue weighted by atomic mass is 10.2. The number of carbonyl (C=O) groups is 1. The number of aryl methyl sites for hydroxylation is 1. The molecule has 0 N–H and O–H groups in total. The molecule has 24 heavy (non-hydrogen) atoms. The number of carbonyl (C=O) groups excluding carboxylic acids is 1. The number of halogens is 1. The molecule has 2 heterocycles. The van der Waals surface area contributed by atoms with Gasteiger partial charge in [-0.25, -0.2) is 4.98 Å². The highest BCUT2D eigenvalue weighted by Gasteiger charge is 2.23. The van der Waals surface area contributed by atoms with E-state index < -0.39 is 0 Å². The Morgan fingerprint density at radius 2 is 2.08 bits per heavy atom. The number of hydrogen-bond donors (Lipinski definition) is 0. The van der Waals surface area contributed by atoms with Crippen LogP contribution in [-0.4, -0.2) is 27.0 Å². The summed E-state index contributed by atoms with van der Waals surface area (Å²) in [4.78, 5) is 18.8. The van der Waals surface area contributed by atoms with Gasteiger partial charge in [0.2, 0.25) is 0 Å². The fraction of sp³-hybridized carbons (Fsp3) is 0.222. The maximum absolute atomic E-state index is 12.4. The van der Waals surface area contributed by atoms with E-state index in [4.69, 9.17) is 16.3 Å². The van der Waals surface area contributed by atoms with Crippen LogP contribution in [0.5, 0.6) is 5.75 Å². The van der Waals surface area contributed by atoms with Crippen molar-refractivity contribution in [3.05, 3.63) is 58.9 Å². The lowest BCUT2D eigenvalue weighted by Gasteiger charge is -2.19. The van der Waals surface area contributed by atoms with Crippen LogP contribution < -0.4 is 4.74 Å². The summed E-state index contributed by atoms with van der Waals surface area (Å²) in [7, 11) is 1.97. The van der Waals surface area contributed by atoms with Crippen molar-refractivity contribution in [1.29, 1.82) is 0 Å². The average molecular weight is 342 g/mol. The zero-order chi connectivity index (χ0) is 16.7. The van der Waals surface area contributed by atoms with Gasteiger partial charge in [-0.15, -0.1) is 0 Å². The topological polar surface area (TPSA) is 47.4 Å². The number of fused-ring (bicyclic) bond motifs is 2. The number of hydrogen-bond acceptors (Lipinski definition) is 3. The Balaban J connectivity index is 1.67. The third-order valence-corrected chi connectivity index (χ3v) is 4.53. The van der Waals surface area contributed by atoms with Gasteiger partial charge in [-0.3, -0.25) is 4.79 Å². The van der Waals surface area contributed by atoms with Crippen molar-refractivity contribution in [1.82, 2.24) is 14.5 Å². The van der Waals surface area contributed by atoms with E-state index in [1.807, 2.05) is 48.0 Å². The molecule has 0 radical (unpaired) electrons. The lowest BCUT2D eigenvalue weighted by molar-refractivity contribution is -0.134. The first-order valence-electron chi connectivity index (χ1n) is 7.71. The molecule has 1 aliphatic heterocycles. The Morgan fingerprint density at radius 1 is 1.25 bits per heavy atom. The molecule has 4 rings (SSSR count). The molecule has 0 aliphatic carbocycles. The van der Waals surface area contributed by atoms with E-state index in [1.165, 1.54) is 0 Å². The van der Waals surface area contributed by atoms with Crippen molar-refractivity contribution >= 4 is 28.5 Å². The monoisotopic (exact) mass is 341 g/mol. The van der Waals surface area contributed by atoms with Gasteiger partial charge in [-0.1, -0.05) is 23.7 Å². The Morgan fingerprint density at radius 3 is 2.92 bits per heavy atom. The van der Waals surface area contributed by atoms with E-state index in [2.05, 4.69) is 4.98 Å². The van der Waals surface area contributed by atoms with Crippen LogP contribution in [0.1, 0.15) is 11.4 Å². The zero-order valence-corrected chi connectivity index (χ0v) is 14.0. The first-order valence-corrected chi connectivity index (χ1v) is 8.09. The van der Waals surface area contributed by atoms with E-state index in [9.17, 15) is 4.79 Å². The molecule has 0 spiro atoms. The molecule has 0 unspecified atom stereocenters. The minimum absolute atomic E-state index is 0.0264. The molecule has 0 saturated carbocycles. The van der Waals surface area contributed by atoms with E-state index in [0.29, 0.717) is 23.9 Å². The van der Waals surface area contributed by atoms with Gasteiger partial charge >= 0.3 is 0 Å². The summed E-state index contributed by atoms with van der Waals surface area (Å²) < 4.78 is 7.62. The number of amides is 1. The van der Waals surface area contributed by atoms with Gasteiger partial charge in [0.1, 0.15) is 11.6 Å². The Kier molecular flexibility index (Phi) is 3.65. The first-order chi connectivity index (χ1) is 11.6. The molecule has 0 bridgehead atoms. The minimum atomic E-state index is -0.0608. The summed E-state index contributed by atoms with van der Waals surface area (Å²) in [6.45, 7) is 0.913. The highest BCUT2D eigenvalue weighted by atomic mass is 35.5. The van der Waals surface area contributed by atoms with E-state index >= 15 is 0 Å².